The molecule has 1 aromatic carbocycles. The van der Waals surface area contributed by atoms with Gasteiger partial charge in [0, 0.05) is 6.20 Å². The SMILES string of the molecule is CCc1cnc(-c2ccc(-c3ccccc3OC(F)(F)F)o2)cc1C. The van der Waals surface area contributed by atoms with E-state index in [-0.39, 0.29) is 17.1 Å². The number of para-hydroxylation sites is 1. The summed E-state index contributed by atoms with van der Waals surface area (Å²) >= 11 is 0. The number of alkyl halides is 3. The first-order valence-electron chi connectivity index (χ1n) is 7.78. The Morgan fingerprint density at radius 1 is 1.08 bits per heavy atom. The predicted octanol–water partition coefficient (Wildman–Crippen LogP) is 5.78. The zero-order valence-electron chi connectivity index (χ0n) is 13.7. The number of ether oxygens (including phenoxy) is 1. The van der Waals surface area contributed by atoms with Gasteiger partial charge in [-0.05, 0) is 54.8 Å². The van der Waals surface area contributed by atoms with Gasteiger partial charge in [-0.1, -0.05) is 19.1 Å². The van der Waals surface area contributed by atoms with E-state index in [4.69, 9.17) is 4.42 Å². The van der Waals surface area contributed by atoms with Crippen LogP contribution in [0.4, 0.5) is 13.2 Å². The van der Waals surface area contributed by atoms with Crippen LogP contribution in [0.2, 0.25) is 0 Å². The lowest BCUT2D eigenvalue weighted by molar-refractivity contribution is -0.274. The van der Waals surface area contributed by atoms with Crippen LogP contribution in [-0.4, -0.2) is 11.3 Å². The third-order valence-electron chi connectivity index (χ3n) is 3.84. The summed E-state index contributed by atoms with van der Waals surface area (Å²) in [5.74, 6) is 0.470. The van der Waals surface area contributed by atoms with Gasteiger partial charge in [0.2, 0.25) is 0 Å². The highest BCUT2D eigenvalue weighted by atomic mass is 19.4. The first-order chi connectivity index (χ1) is 11.9. The monoisotopic (exact) mass is 347 g/mol. The molecule has 3 nitrogen and oxygen atoms in total. The van der Waals surface area contributed by atoms with Crippen LogP contribution in [0.15, 0.2) is 53.1 Å². The molecule has 0 aliphatic heterocycles. The summed E-state index contributed by atoms with van der Waals surface area (Å²) in [4.78, 5) is 4.36. The summed E-state index contributed by atoms with van der Waals surface area (Å²) in [6, 6.07) is 11.1. The van der Waals surface area contributed by atoms with E-state index >= 15 is 0 Å². The minimum Gasteiger partial charge on any atom is -0.454 e. The summed E-state index contributed by atoms with van der Waals surface area (Å²) in [6.07, 6.45) is -2.10. The van der Waals surface area contributed by atoms with Crippen molar-refractivity contribution in [1.29, 1.82) is 0 Å². The van der Waals surface area contributed by atoms with Crippen LogP contribution in [0.25, 0.3) is 22.8 Å². The maximum Gasteiger partial charge on any atom is 0.573 e. The number of pyridine rings is 1. The predicted molar refractivity (Wildman–Crippen MR) is 88.2 cm³/mol. The number of nitrogens with zero attached hydrogens (tertiary/aromatic N) is 1. The third kappa shape index (κ3) is 3.84. The van der Waals surface area contributed by atoms with Crippen LogP contribution in [0.1, 0.15) is 18.1 Å². The topological polar surface area (TPSA) is 35.3 Å². The van der Waals surface area contributed by atoms with Gasteiger partial charge in [0.25, 0.3) is 0 Å². The Bertz CT molecular complexity index is 884. The molecular weight excluding hydrogens is 331 g/mol. The minimum atomic E-state index is -4.76. The van der Waals surface area contributed by atoms with Gasteiger partial charge in [-0.25, -0.2) is 0 Å². The lowest BCUT2D eigenvalue weighted by Gasteiger charge is -2.11. The van der Waals surface area contributed by atoms with Gasteiger partial charge in [0.1, 0.15) is 17.2 Å². The van der Waals surface area contributed by atoms with Gasteiger partial charge >= 0.3 is 6.36 Å². The van der Waals surface area contributed by atoms with Crippen LogP contribution >= 0.6 is 0 Å². The second-order valence-corrected chi connectivity index (χ2v) is 5.56. The molecule has 0 N–H and O–H groups in total. The Hall–Kier alpha value is -2.76. The summed E-state index contributed by atoms with van der Waals surface area (Å²) in [5.41, 5.74) is 3.09. The van der Waals surface area contributed by atoms with Crippen molar-refractivity contribution in [1.82, 2.24) is 4.98 Å². The number of rotatable bonds is 4. The molecule has 3 aromatic rings. The highest BCUT2D eigenvalue weighted by Crippen LogP contribution is 2.36. The van der Waals surface area contributed by atoms with E-state index in [9.17, 15) is 13.2 Å². The van der Waals surface area contributed by atoms with Crippen LogP contribution in [-0.2, 0) is 6.42 Å². The van der Waals surface area contributed by atoms with E-state index in [1.807, 2.05) is 19.9 Å². The average molecular weight is 347 g/mol. The zero-order chi connectivity index (χ0) is 18.0. The van der Waals surface area contributed by atoms with Crippen LogP contribution < -0.4 is 4.74 Å². The maximum atomic E-state index is 12.6. The first kappa shape index (κ1) is 17.1. The molecule has 2 heterocycles. The van der Waals surface area contributed by atoms with Crippen molar-refractivity contribution in [3.8, 4) is 28.5 Å². The molecule has 6 heteroatoms. The quantitative estimate of drug-likeness (QED) is 0.600. The van der Waals surface area contributed by atoms with Gasteiger partial charge in [-0.2, -0.15) is 0 Å². The van der Waals surface area contributed by atoms with E-state index in [1.54, 1.807) is 24.4 Å². The number of aryl methyl sites for hydroxylation is 2. The molecule has 0 saturated heterocycles. The van der Waals surface area contributed by atoms with Crippen LogP contribution in [0.3, 0.4) is 0 Å². The van der Waals surface area contributed by atoms with Gasteiger partial charge in [-0.3, -0.25) is 4.98 Å². The smallest absolute Gasteiger partial charge is 0.454 e. The summed E-state index contributed by atoms with van der Waals surface area (Å²) < 4.78 is 47.5. The van der Waals surface area contributed by atoms with E-state index in [0.29, 0.717) is 11.5 Å². The fourth-order valence-corrected chi connectivity index (χ4v) is 2.59. The molecule has 0 bridgehead atoms. The molecule has 130 valence electrons. The molecule has 0 unspecified atom stereocenters. The zero-order valence-corrected chi connectivity index (χ0v) is 13.7. The average Bonchev–Trinajstić information content (AvgIpc) is 3.03. The molecular formula is C19H16F3NO2. The highest BCUT2D eigenvalue weighted by Gasteiger charge is 2.32. The summed E-state index contributed by atoms with van der Waals surface area (Å²) in [5, 5.41) is 0. The largest absolute Gasteiger partial charge is 0.573 e. The van der Waals surface area contributed by atoms with Crippen molar-refractivity contribution >= 4 is 0 Å². The fraction of sp³-hybridized carbons (Fsp3) is 0.211. The number of benzene rings is 1. The minimum absolute atomic E-state index is 0.230. The lowest BCUT2D eigenvalue weighted by Crippen LogP contribution is -2.17. The highest BCUT2D eigenvalue weighted by molar-refractivity contribution is 5.68. The third-order valence-corrected chi connectivity index (χ3v) is 3.84. The Kier molecular flexibility index (Phi) is 4.53. The molecule has 0 atom stereocenters. The van der Waals surface area contributed by atoms with E-state index in [0.717, 1.165) is 17.5 Å². The summed E-state index contributed by atoms with van der Waals surface area (Å²) in [7, 11) is 0. The van der Waals surface area contributed by atoms with Gasteiger partial charge < -0.3 is 9.15 Å². The molecule has 0 saturated carbocycles. The molecule has 0 fully saturated rings. The van der Waals surface area contributed by atoms with Crippen LogP contribution in [0.5, 0.6) is 5.75 Å². The second kappa shape index (κ2) is 6.63. The normalized spacial score (nSPS) is 11.6. The molecule has 3 rings (SSSR count). The molecule has 0 radical (unpaired) electrons. The number of aromatic nitrogens is 1. The molecule has 0 aliphatic carbocycles. The van der Waals surface area contributed by atoms with Crippen molar-refractivity contribution in [2.75, 3.05) is 0 Å². The van der Waals surface area contributed by atoms with Gasteiger partial charge in [0.05, 0.1) is 5.56 Å². The van der Waals surface area contributed by atoms with E-state index < -0.39 is 6.36 Å². The van der Waals surface area contributed by atoms with Gasteiger partial charge in [-0.15, -0.1) is 13.2 Å². The van der Waals surface area contributed by atoms with Crippen molar-refractivity contribution in [3.63, 3.8) is 0 Å². The Morgan fingerprint density at radius 3 is 2.48 bits per heavy atom. The number of halogens is 3. The number of furan rings is 1. The maximum absolute atomic E-state index is 12.6. The molecule has 0 aliphatic rings. The Balaban J connectivity index is 1.96. The van der Waals surface area contributed by atoms with Crippen molar-refractivity contribution in [2.24, 2.45) is 0 Å². The second-order valence-electron chi connectivity index (χ2n) is 5.56. The lowest BCUT2D eigenvalue weighted by atomic mass is 10.1. The Morgan fingerprint density at radius 2 is 1.80 bits per heavy atom. The van der Waals surface area contributed by atoms with Crippen molar-refractivity contribution in [3.05, 3.63) is 59.8 Å². The Labute approximate surface area is 143 Å². The molecule has 0 amide bonds. The van der Waals surface area contributed by atoms with E-state index in [1.165, 1.54) is 18.2 Å². The standard InChI is InChI=1S/C19H16F3NO2/c1-3-13-11-23-15(10-12(13)2)18-9-8-16(24-18)14-6-4-5-7-17(14)25-19(20,21)22/h4-11H,3H2,1-2H3. The van der Waals surface area contributed by atoms with Crippen molar-refractivity contribution < 1.29 is 22.3 Å². The molecule has 2 aromatic heterocycles. The van der Waals surface area contributed by atoms with Crippen LogP contribution in [0, 0.1) is 6.92 Å². The molecule has 25 heavy (non-hydrogen) atoms. The molecule has 0 spiro atoms. The van der Waals surface area contributed by atoms with Gasteiger partial charge in [0.15, 0.2) is 5.76 Å². The fourth-order valence-electron chi connectivity index (χ4n) is 2.59. The summed E-state index contributed by atoms with van der Waals surface area (Å²) in [6.45, 7) is 4.03. The van der Waals surface area contributed by atoms with E-state index in [2.05, 4.69) is 9.72 Å². The number of hydrogen-bond donors (Lipinski definition) is 0. The first-order valence-corrected chi connectivity index (χ1v) is 7.78. The number of hydrogen-bond acceptors (Lipinski definition) is 3. The van der Waals surface area contributed by atoms with Crippen molar-refractivity contribution in [2.45, 2.75) is 26.6 Å².